The van der Waals surface area contributed by atoms with Crippen LogP contribution >= 0.6 is 0 Å². The maximum Gasteiger partial charge on any atom is 0.243 e. The van der Waals surface area contributed by atoms with Crippen molar-refractivity contribution in [2.24, 2.45) is 5.92 Å². The van der Waals surface area contributed by atoms with E-state index in [9.17, 15) is 4.79 Å². The van der Waals surface area contributed by atoms with E-state index in [1.807, 2.05) is 6.07 Å². The fourth-order valence-electron chi connectivity index (χ4n) is 5.05. The Bertz CT molecular complexity index is 879. The van der Waals surface area contributed by atoms with Crippen molar-refractivity contribution < 1.29 is 9.53 Å². The number of benzene rings is 2. The summed E-state index contributed by atoms with van der Waals surface area (Å²) in [5.74, 6) is 2.35. The first-order valence-electron chi connectivity index (χ1n) is 12.9. The monoisotopic (exact) mass is 447 g/mol. The van der Waals surface area contributed by atoms with Gasteiger partial charge in [-0.15, -0.1) is 0 Å². The fraction of sp³-hybridized carbons (Fsp3) is 0.500. The van der Waals surface area contributed by atoms with Crippen LogP contribution in [0.2, 0.25) is 0 Å². The molecule has 0 saturated heterocycles. The van der Waals surface area contributed by atoms with Gasteiger partial charge in [0.25, 0.3) is 0 Å². The molecule has 0 aliphatic heterocycles. The van der Waals surface area contributed by atoms with Gasteiger partial charge in [-0.3, -0.25) is 4.79 Å². The number of hydrogen-bond acceptors (Lipinski definition) is 2. The van der Waals surface area contributed by atoms with E-state index in [1.165, 1.54) is 79.7 Å². The van der Waals surface area contributed by atoms with Crippen LogP contribution in [0.3, 0.4) is 0 Å². The maximum atomic E-state index is 11.2. The lowest BCUT2D eigenvalue weighted by Gasteiger charge is -2.29. The number of aryl methyl sites for hydroxylation is 1. The Kier molecular flexibility index (Phi) is 10.1. The van der Waals surface area contributed by atoms with Gasteiger partial charge in [-0.2, -0.15) is 0 Å². The molecule has 0 unspecified atom stereocenters. The van der Waals surface area contributed by atoms with Gasteiger partial charge in [-0.05, 0) is 84.4 Å². The van der Waals surface area contributed by atoms with Crippen LogP contribution < -0.4 is 10.1 Å². The zero-order valence-electron chi connectivity index (χ0n) is 20.6. The summed E-state index contributed by atoms with van der Waals surface area (Å²) in [6, 6.07) is 15.6. The lowest BCUT2D eigenvalue weighted by Crippen LogP contribution is -2.26. The molecule has 1 fully saturated rings. The zero-order chi connectivity index (χ0) is 23.5. The lowest BCUT2D eigenvalue weighted by molar-refractivity contribution is -0.116. The second-order valence-corrected chi connectivity index (χ2v) is 9.35. The van der Waals surface area contributed by atoms with Crippen LogP contribution in [-0.2, 0) is 11.2 Å². The molecule has 1 aliphatic carbocycles. The van der Waals surface area contributed by atoms with E-state index in [2.05, 4.69) is 62.1 Å². The van der Waals surface area contributed by atoms with E-state index >= 15 is 0 Å². The van der Waals surface area contributed by atoms with Crippen molar-refractivity contribution in [3.8, 4) is 16.9 Å². The Morgan fingerprint density at radius 2 is 1.82 bits per heavy atom. The van der Waals surface area contributed by atoms with Crippen molar-refractivity contribution in [1.82, 2.24) is 5.32 Å². The highest BCUT2D eigenvalue weighted by Crippen LogP contribution is 2.38. The lowest BCUT2D eigenvalue weighted by atomic mass is 9.77. The number of unbranched alkanes of at least 4 members (excludes halogenated alkanes) is 2. The third kappa shape index (κ3) is 7.48. The second kappa shape index (κ2) is 13.2. The summed E-state index contributed by atoms with van der Waals surface area (Å²) in [5.41, 5.74) is 5.33. The van der Waals surface area contributed by atoms with Crippen LogP contribution in [0.5, 0.6) is 5.75 Å². The Balaban J connectivity index is 1.56. The SMILES string of the molecule is C=CC(=O)NCCOc1ccc(-c2ccc(C3CCC(CCCCC)CC3)cc2)c(CC)c1. The van der Waals surface area contributed by atoms with Gasteiger partial charge in [0.1, 0.15) is 12.4 Å². The van der Waals surface area contributed by atoms with Gasteiger partial charge in [0.2, 0.25) is 5.91 Å². The molecular formula is C30H41NO2. The summed E-state index contributed by atoms with van der Waals surface area (Å²) in [5, 5.41) is 2.73. The fourth-order valence-corrected chi connectivity index (χ4v) is 5.05. The number of amides is 1. The average molecular weight is 448 g/mol. The van der Waals surface area contributed by atoms with E-state index in [-0.39, 0.29) is 5.91 Å². The molecule has 0 atom stereocenters. The first-order chi connectivity index (χ1) is 16.1. The van der Waals surface area contributed by atoms with E-state index in [1.54, 1.807) is 0 Å². The van der Waals surface area contributed by atoms with Crippen molar-refractivity contribution in [3.63, 3.8) is 0 Å². The molecular weight excluding hydrogens is 406 g/mol. The molecule has 0 aromatic heterocycles. The summed E-state index contributed by atoms with van der Waals surface area (Å²) >= 11 is 0. The van der Waals surface area contributed by atoms with Crippen molar-refractivity contribution in [1.29, 1.82) is 0 Å². The summed E-state index contributed by atoms with van der Waals surface area (Å²) in [4.78, 5) is 11.2. The molecule has 3 heteroatoms. The molecule has 0 spiro atoms. The number of ether oxygens (including phenoxy) is 1. The van der Waals surface area contributed by atoms with Gasteiger partial charge >= 0.3 is 0 Å². The minimum Gasteiger partial charge on any atom is -0.492 e. The molecule has 1 N–H and O–H groups in total. The molecule has 3 rings (SSSR count). The van der Waals surface area contributed by atoms with Gasteiger partial charge in [0.15, 0.2) is 0 Å². The number of hydrogen-bond donors (Lipinski definition) is 1. The van der Waals surface area contributed by atoms with E-state index in [0.717, 1.165) is 24.0 Å². The Morgan fingerprint density at radius 1 is 1.06 bits per heavy atom. The van der Waals surface area contributed by atoms with E-state index < -0.39 is 0 Å². The molecule has 3 nitrogen and oxygen atoms in total. The Hall–Kier alpha value is -2.55. The normalized spacial score (nSPS) is 18.0. The molecule has 2 aromatic carbocycles. The van der Waals surface area contributed by atoms with E-state index in [4.69, 9.17) is 4.74 Å². The highest BCUT2D eigenvalue weighted by atomic mass is 16.5. The average Bonchev–Trinajstić information content (AvgIpc) is 2.87. The van der Waals surface area contributed by atoms with Gasteiger partial charge in [0, 0.05) is 0 Å². The van der Waals surface area contributed by atoms with Crippen LogP contribution in [0.15, 0.2) is 55.1 Å². The van der Waals surface area contributed by atoms with Gasteiger partial charge in [-0.1, -0.05) is 76.4 Å². The van der Waals surface area contributed by atoms with Gasteiger partial charge in [0.05, 0.1) is 6.54 Å². The predicted octanol–water partition coefficient (Wildman–Crippen LogP) is 7.45. The Labute approximate surface area is 200 Å². The molecule has 0 radical (unpaired) electrons. The third-order valence-corrected chi connectivity index (χ3v) is 7.07. The molecule has 2 aromatic rings. The molecule has 0 bridgehead atoms. The Morgan fingerprint density at radius 3 is 2.48 bits per heavy atom. The second-order valence-electron chi connectivity index (χ2n) is 9.35. The molecule has 33 heavy (non-hydrogen) atoms. The summed E-state index contributed by atoms with van der Waals surface area (Å²) in [6.07, 6.45) is 13.3. The predicted molar refractivity (Wildman–Crippen MR) is 139 cm³/mol. The summed E-state index contributed by atoms with van der Waals surface area (Å²) in [7, 11) is 0. The van der Waals surface area contributed by atoms with Crippen LogP contribution in [0.1, 0.15) is 82.3 Å². The van der Waals surface area contributed by atoms with E-state index in [0.29, 0.717) is 13.2 Å². The summed E-state index contributed by atoms with van der Waals surface area (Å²) < 4.78 is 5.82. The number of rotatable bonds is 12. The molecule has 178 valence electrons. The van der Waals surface area contributed by atoms with Crippen molar-refractivity contribution >= 4 is 5.91 Å². The van der Waals surface area contributed by atoms with Gasteiger partial charge < -0.3 is 10.1 Å². The number of carbonyl (C=O) groups is 1. The number of carbonyl (C=O) groups excluding carboxylic acids is 1. The topological polar surface area (TPSA) is 38.3 Å². The summed E-state index contributed by atoms with van der Waals surface area (Å²) in [6.45, 7) is 8.84. The quantitative estimate of drug-likeness (QED) is 0.271. The standard InChI is InChI=1S/C30H41NO2/c1-4-7-8-9-23-10-12-25(13-11-23)26-14-16-27(17-15-26)29-19-18-28(22-24(29)5-2)33-21-20-31-30(32)6-3/h6,14-19,22-23,25H,3-5,7-13,20-21H2,1-2H3,(H,31,32). The first kappa shape index (κ1) is 25.1. The van der Waals surface area contributed by atoms with Crippen LogP contribution in [0, 0.1) is 5.92 Å². The minimum absolute atomic E-state index is 0.174. The highest BCUT2D eigenvalue weighted by Gasteiger charge is 2.22. The highest BCUT2D eigenvalue weighted by molar-refractivity contribution is 5.86. The molecule has 0 heterocycles. The van der Waals surface area contributed by atoms with Crippen molar-refractivity contribution in [2.75, 3.05) is 13.2 Å². The molecule has 1 amide bonds. The van der Waals surface area contributed by atoms with Crippen LogP contribution in [0.25, 0.3) is 11.1 Å². The minimum atomic E-state index is -0.174. The third-order valence-electron chi connectivity index (χ3n) is 7.07. The molecule has 1 saturated carbocycles. The van der Waals surface area contributed by atoms with Crippen molar-refractivity contribution in [2.45, 2.75) is 77.6 Å². The van der Waals surface area contributed by atoms with Crippen molar-refractivity contribution in [3.05, 3.63) is 66.2 Å². The largest absolute Gasteiger partial charge is 0.492 e. The molecule has 1 aliphatic rings. The zero-order valence-corrected chi connectivity index (χ0v) is 20.6. The van der Waals surface area contributed by atoms with Gasteiger partial charge in [-0.25, -0.2) is 0 Å². The van der Waals surface area contributed by atoms with Crippen LogP contribution in [0.4, 0.5) is 0 Å². The smallest absolute Gasteiger partial charge is 0.243 e. The number of nitrogens with one attached hydrogen (secondary N) is 1. The van der Waals surface area contributed by atoms with Crippen LogP contribution in [-0.4, -0.2) is 19.1 Å². The first-order valence-corrected chi connectivity index (χ1v) is 12.9. The maximum absolute atomic E-state index is 11.2.